The van der Waals surface area contributed by atoms with Crippen molar-refractivity contribution in [3.05, 3.63) is 42.1 Å². The fourth-order valence-electron chi connectivity index (χ4n) is 3.77. The Labute approximate surface area is 160 Å². The third kappa shape index (κ3) is 4.36. The van der Waals surface area contributed by atoms with Crippen LogP contribution in [0.3, 0.4) is 0 Å². The topological polar surface area (TPSA) is 87.4 Å². The summed E-state index contributed by atoms with van der Waals surface area (Å²) in [6.45, 7) is 0. The van der Waals surface area contributed by atoms with Gasteiger partial charge in [-0.1, -0.05) is 31.0 Å². The Morgan fingerprint density at radius 2 is 1.78 bits per heavy atom. The van der Waals surface area contributed by atoms with Crippen LogP contribution in [0.4, 0.5) is 17.5 Å². The molecule has 0 spiro atoms. The molecule has 2 unspecified atom stereocenters. The van der Waals surface area contributed by atoms with Gasteiger partial charge in [0.15, 0.2) is 0 Å². The van der Waals surface area contributed by atoms with E-state index in [-0.39, 0.29) is 5.56 Å². The van der Waals surface area contributed by atoms with Crippen LogP contribution in [-0.4, -0.2) is 54.0 Å². The van der Waals surface area contributed by atoms with Gasteiger partial charge in [-0.3, -0.25) is 4.79 Å². The first kappa shape index (κ1) is 19.1. The molecule has 2 aromatic rings. The van der Waals surface area contributed by atoms with Crippen molar-refractivity contribution in [1.82, 2.24) is 14.9 Å². The van der Waals surface area contributed by atoms with Crippen LogP contribution in [0.15, 0.2) is 36.5 Å². The number of rotatable bonds is 6. The number of carbonyl (C=O) groups excluding carboxylic acids is 1. The van der Waals surface area contributed by atoms with Crippen molar-refractivity contribution in [2.75, 3.05) is 31.4 Å². The maximum Gasteiger partial charge on any atom is 0.254 e. The molecular formula is C20H28N6O. The Bertz CT molecular complexity index is 779. The number of primary amides is 1. The van der Waals surface area contributed by atoms with Crippen LogP contribution in [0, 0.1) is 0 Å². The van der Waals surface area contributed by atoms with Crippen molar-refractivity contribution in [3.8, 4) is 0 Å². The van der Waals surface area contributed by atoms with Gasteiger partial charge in [0.05, 0.1) is 0 Å². The molecule has 1 amide bonds. The summed E-state index contributed by atoms with van der Waals surface area (Å²) in [5.41, 5.74) is 6.64. The van der Waals surface area contributed by atoms with Gasteiger partial charge in [0.2, 0.25) is 5.95 Å². The second-order valence-corrected chi connectivity index (χ2v) is 7.28. The normalized spacial score (nSPS) is 19.7. The van der Waals surface area contributed by atoms with Gasteiger partial charge in [0.25, 0.3) is 5.91 Å². The summed E-state index contributed by atoms with van der Waals surface area (Å²) in [6.07, 6.45) is 6.22. The van der Waals surface area contributed by atoms with Crippen LogP contribution >= 0.6 is 0 Å². The predicted molar refractivity (Wildman–Crippen MR) is 108 cm³/mol. The minimum atomic E-state index is -0.550. The van der Waals surface area contributed by atoms with Gasteiger partial charge < -0.3 is 20.9 Å². The number of para-hydroxylation sites is 1. The monoisotopic (exact) mass is 368 g/mol. The van der Waals surface area contributed by atoms with E-state index in [0.29, 0.717) is 23.8 Å². The molecule has 7 nitrogen and oxygen atoms in total. The second-order valence-electron chi connectivity index (χ2n) is 7.28. The molecule has 1 saturated carbocycles. The van der Waals surface area contributed by atoms with E-state index in [1.54, 1.807) is 0 Å². The molecule has 144 valence electrons. The third-order valence-corrected chi connectivity index (χ3v) is 5.25. The highest BCUT2D eigenvalue weighted by molar-refractivity contribution is 5.98. The first-order valence-electron chi connectivity index (χ1n) is 9.35. The minimum Gasteiger partial charge on any atom is -0.365 e. The largest absolute Gasteiger partial charge is 0.365 e. The van der Waals surface area contributed by atoms with Crippen LogP contribution in [0.25, 0.3) is 0 Å². The number of aromatic nitrogens is 2. The number of hydrogen-bond acceptors (Lipinski definition) is 6. The Kier molecular flexibility index (Phi) is 5.91. The zero-order valence-corrected chi connectivity index (χ0v) is 16.2. The zero-order valence-electron chi connectivity index (χ0n) is 16.2. The van der Waals surface area contributed by atoms with E-state index in [0.717, 1.165) is 18.5 Å². The van der Waals surface area contributed by atoms with Crippen molar-refractivity contribution in [1.29, 1.82) is 0 Å². The molecule has 0 saturated heterocycles. The number of anilines is 3. The Balaban J connectivity index is 1.91. The van der Waals surface area contributed by atoms with E-state index >= 15 is 0 Å². The lowest BCUT2D eigenvalue weighted by molar-refractivity contribution is 0.100. The number of carbonyl (C=O) groups is 1. The number of hydrogen-bond donors (Lipinski definition) is 2. The molecule has 1 heterocycles. The third-order valence-electron chi connectivity index (χ3n) is 5.25. The lowest BCUT2D eigenvalue weighted by atomic mass is 9.89. The highest BCUT2D eigenvalue weighted by atomic mass is 16.1. The molecule has 1 aromatic heterocycles. The van der Waals surface area contributed by atoms with Crippen LogP contribution < -0.4 is 16.0 Å². The molecule has 1 fully saturated rings. The number of likely N-dealkylation sites (N-methyl/N-ethyl adjacent to an activating group) is 2. The molecule has 1 aliphatic carbocycles. The van der Waals surface area contributed by atoms with Gasteiger partial charge in [-0.2, -0.15) is 4.98 Å². The van der Waals surface area contributed by atoms with Crippen LogP contribution in [-0.2, 0) is 0 Å². The standard InChI is InChI=1S/C20H28N6O/c1-25(2)16-11-7-8-12-17(16)26(3)20-22-13-15(18(21)27)19(24-20)23-14-9-5-4-6-10-14/h4-6,9-10,13,16-17H,7-8,11-12H2,1-3H3,(H2,21,27)(H,22,23,24). The Morgan fingerprint density at radius 1 is 1.11 bits per heavy atom. The summed E-state index contributed by atoms with van der Waals surface area (Å²) in [5.74, 6) is 0.478. The van der Waals surface area contributed by atoms with Gasteiger partial charge in [-0.15, -0.1) is 0 Å². The molecule has 0 bridgehead atoms. The minimum absolute atomic E-state index is 0.281. The molecule has 3 N–H and O–H groups in total. The molecule has 1 aromatic carbocycles. The van der Waals surface area contributed by atoms with E-state index < -0.39 is 5.91 Å². The van der Waals surface area contributed by atoms with Gasteiger partial charge in [-0.05, 0) is 39.1 Å². The fourth-order valence-corrected chi connectivity index (χ4v) is 3.77. The highest BCUT2D eigenvalue weighted by Crippen LogP contribution is 2.28. The quantitative estimate of drug-likeness (QED) is 0.815. The molecular weight excluding hydrogens is 340 g/mol. The molecule has 1 aliphatic rings. The van der Waals surface area contributed by atoms with Crippen molar-refractivity contribution in [2.24, 2.45) is 5.73 Å². The summed E-state index contributed by atoms with van der Waals surface area (Å²) in [4.78, 5) is 25.3. The predicted octanol–water partition coefficient (Wildman–Crippen LogP) is 2.63. The Morgan fingerprint density at radius 3 is 2.41 bits per heavy atom. The number of amides is 1. The first-order valence-corrected chi connectivity index (χ1v) is 9.35. The maximum absolute atomic E-state index is 11.8. The van der Waals surface area contributed by atoms with Crippen LogP contribution in [0.5, 0.6) is 0 Å². The lowest BCUT2D eigenvalue weighted by Crippen LogP contribution is -2.50. The van der Waals surface area contributed by atoms with Crippen molar-refractivity contribution in [3.63, 3.8) is 0 Å². The van der Waals surface area contributed by atoms with Gasteiger partial charge in [-0.25, -0.2) is 4.98 Å². The second kappa shape index (κ2) is 8.35. The van der Waals surface area contributed by atoms with E-state index in [1.165, 1.54) is 19.0 Å². The molecule has 3 rings (SSSR count). The maximum atomic E-state index is 11.8. The van der Waals surface area contributed by atoms with E-state index in [9.17, 15) is 4.79 Å². The van der Waals surface area contributed by atoms with Gasteiger partial charge >= 0.3 is 0 Å². The summed E-state index contributed by atoms with van der Waals surface area (Å²) < 4.78 is 0. The first-order chi connectivity index (χ1) is 13.0. The van der Waals surface area contributed by atoms with E-state index in [2.05, 4.69) is 39.2 Å². The molecule has 27 heavy (non-hydrogen) atoms. The number of nitrogens with one attached hydrogen (secondary N) is 1. The average Bonchev–Trinajstić information content (AvgIpc) is 2.68. The molecule has 2 atom stereocenters. The lowest BCUT2D eigenvalue weighted by Gasteiger charge is -2.41. The van der Waals surface area contributed by atoms with Gasteiger partial charge in [0.1, 0.15) is 11.4 Å². The number of nitrogens with two attached hydrogens (primary N) is 1. The number of nitrogens with zero attached hydrogens (tertiary/aromatic N) is 4. The smallest absolute Gasteiger partial charge is 0.254 e. The number of benzene rings is 1. The van der Waals surface area contributed by atoms with Crippen LogP contribution in [0.1, 0.15) is 36.0 Å². The Hall–Kier alpha value is -2.67. The summed E-state index contributed by atoms with van der Waals surface area (Å²) in [7, 11) is 6.27. The SMILES string of the molecule is CN(C)C1CCCCC1N(C)c1ncc(C(N)=O)c(Nc2ccccc2)n1. The van der Waals surface area contributed by atoms with Crippen molar-refractivity contribution >= 4 is 23.4 Å². The average molecular weight is 368 g/mol. The van der Waals surface area contributed by atoms with Gasteiger partial charge in [0, 0.05) is 31.0 Å². The molecule has 0 radical (unpaired) electrons. The summed E-state index contributed by atoms with van der Waals surface area (Å²) >= 11 is 0. The zero-order chi connectivity index (χ0) is 19.4. The van der Waals surface area contributed by atoms with E-state index in [1.807, 2.05) is 37.4 Å². The molecule has 0 aliphatic heterocycles. The van der Waals surface area contributed by atoms with Crippen molar-refractivity contribution < 1.29 is 4.79 Å². The molecule has 7 heteroatoms. The summed E-state index contributed by atoms with van der Waals surface area (Å²) in [6, 6.07) is 10.4. The van der Waals surface area contributed by atoms with Crippen molar-refractivity contribution in [2.45, 2.75) is 37.8 Å². The highest BCUT2D eigenvalue weighted by Gasteiger charge is 2.31. The summed E-state index contributed by atoms with van der Waals surface area (Å²) in [5, 5.41) is 3.20. The van der Waals surface area contributed by atoms with Crippen LogP contribution in [0.2, 0.25) is 0 Å². The fraction of sp³-hybridized carbons (Fsp3) is 0.450. The van der Waals surface area contributed by atoms with E-state index in [4.69, 9.17) is 5.73 Å².